The summed E-state index contributed by atoms with van der Waals surface area (Å²) in [6, 6.07) is 4.35. The minimum atomic E-state index is 0.851. The van der Waals surface area contributed by atoms with Gasteiger partial charge in [-0.25, -0.2) is 0 Å². The SMILES string of the molecule is CN=C(NCCCN1CCCCCC1)NCc1ccc(C)s1. The minimum Gasteiger partial charge on any atom is -0.356 e. The summed E-state index contributed by atoms with van der Waals surface area (Å²) in [5.41, 5.74) is 0. The van der Waals surface area contributed by atoms with E-state index in [1.807, 2.05) is 18.4 Å². The Morgan fingerprint density at radius 1 is 1.18 bits per heavy atom. The van der Waals surface area contributed by atoms with Gasteiger partial charge in [-0.15, -0.1) is 11.3 Å². The zero-order valence-electron chi connectivity index (χ0n) is 14.0. The van der Waals surface area contributed by atoms with Crippen LogP contribution in [0.2, 0.25) is 0 Å². The van der Waals surface area contributed by atoms with Crippen LogP contribution < -0.4 is 10.6 Å². The minimum absolute atomic E-state index is 0.851. The number of likely N-dealkylation sites (tertiary alicyclic amines) is 1. The number of nitrogens with one attached hydrogen (secondary N) is 2. The van der Waals surface area contributed by atoms with Crippen LogP contribution in [-0.2, 0) is 6.54 Å². The number of hydrogen-bond acceptors (Lipinski definition) is 3. The van der Waals surface area contributed by atoms with Gasteiger partial charge in [-0.3, -0.25) is 4.99 Å². The van der Waals surface area contributed by atoms with Gasteiger partial charge < -0.3 is 15.5 Å². The van der Waals surface area contributed by atoms with Crippen LogP contribution in [-0.4, -0.2) is 44.1 Å². The molecule has 0 unspecified atom stereocenters. The second kappa shape index (κ2) is 9.85. The molecule has 1 aliphatic heterocycles. The van der Waals surface area contributed by atoms with Crippen molar-refractivity contribution >= 4 is 17.3 Å². The fourth-order valence-corrected chi connectivity index (χ4v) is 3.67. The Morgan fingerprint density at radius 2 is 1.95 bits per heavy atom. The molecular formula is C17H30N4S. The summed E-state index contributed by atoms with van der Waals surface area (Å²) in [6.07, 6.45) is 6.74. The molecule has 0 amide bonds. The molecule has 0 atom stereocenters. The van der Waals surface area contributed by atoms with Crippen molar-refractivity contribution in [2.24, 2.45) is 4.99 Å². The Labute approximate surface area is 139 Å². The number of rotatable bonds is 6. The van der Waals surface area contributed by atoms with Crippen LogP contribution in [0, 0.1) is 6.92 Å². The van der Waals surface area contributed by atoms with Crippen LogP contribution in [0.4, 0.5) is 0 Å². The van der Waals surface area contributed by atoms with Crippen molar-refractivity contribution in [2.45, 2.75) is 45.6 Å². The van der Waals surface area contributed by atoms with Gasteiger partial charge in [-0.2, -0.15) is 0 Å². The van der Waals surface area contributed by atoms with Crippen LogP contribution in [0.3, 0.4) is 0 Å². The van der Waals surface area contributed by atoms with Crippen molar-refractivity contribution in [1.82, 2.24) is 15.5 Å². The van der Waals surface area contributed by atoms with Gasteiger partial charge in [0.05, 0.1) is 6.54 Å². The molecule has 2 N–H and O–H groups in total. The summed E-state index contributed by atoms with van der Waals surface area (Å²) >= 11 is 1.84. The van der Waals surface area contributed by atoms with Gasteiger partial charge >= 0.3 is 0 Å². The first-order valence-corrected chi connectivity index (χ1v) is 9.32. The highest BCUT2D eigenvalue weighted by Crippen LogP contribution is 2.14. The fraction of sp³-hybridized carbons (Fsp3) is 0.706. The second-order valence-corrected chi connectivity index (χ2v) is 7.35. The summed E-state index contributed by atoms with van der Waals surface area (Å²) in [5.74, 6) is 0.905. The molecule has 1 aliphatic rings. The molecule has 4 nitrogen and oxygen atoms in total. The number of aryl methyl sites for hydroxylation is 1. The number of hydrogen-bond donors (Lipinski definition) is 2. The van der Waals surface area contributed by atoms with Crippen molar-refractivity contribution < 1.29 is 0 Å². The summed E-state index contributed by atoms with van der Waals surface area (Å²) in [6.45, 7) is 7.75. The highest BCUT2D eigenvalue weighted by atomic mass is 32.1. The molecule has 0 radical (unpaired) electrons. The molecule has 2 heterocycles. The van der Waals surface area contributed by atoms with E-state index >= 15 is 0 Å². The van der Waals surface area contributed by atoms with Crippen LogP contribution in [0.15, 0.2) is 17.1 Å². The first-order valence-electron chi connectivity index (χ1n) is 8.50. The largest absolute Gasteiger partial charge is 0.356 e. The van der Waals surface area contributed by atoms with Crippen LogP contribution in [0.5, 0.6) is 0 Å². The van der Waals surface area contributed by atoms with E-state index in [0.29, 0.717) is 0 Å². The monoisotopic (exact) mass is 322 g/mol. The van der Waals surface area contributed by atoms with E-state index in [2.05, 4.69) is 39.6 Å². The van der Waals surface area contributed by atoms with E-state index < -0.39 is 0 Å². The lowest BCUT2D eigenvalue weighted by atomic mass is 10.2. The van der Waals surface area contributed by atoms with Gasteiger partial charge in [-0.1, -0.05) is 12.8 Å². The molecule has 0 aromatic carbocycles. The smallest absolute Gasteiger partial charge is 0.191 e. The molecule has 0 aliphatic carbocycles. The molecule has 22 heavy (non-hydrogen) atoms. The Bertz CT molecular complexity index is 447. The van der Waals surface area contributed by atoms with Crippen molar-refractivity contribution in [1.29, 1.82) is 0 Å². The Hall–Kier alpha value is -1.07. The molecule has 0 saturated carbocycles. The lowest BCUT2D eigenvalue weighted by Crippen LogP contribution is -2.38. The molecule has 2 rings (SSSR count). The third-order valence-corrected chi connectivity index (χ3v) is 5.09. The Kier molecular flexibility index (Phi) is 7.74. The van der Waals surface area contributed by atoms with Crippen LogP contribution >= 0.6 is 11.3 Å². The second-order valence-electron chi connectivity index (χ2n) is 5.97. The standard InChI is InChI=1S/C17H30N4S/c1-15-8-9-16(22-15)14-20-17(18-2)19-10-7-13-21-11-5-3-4-6-12-21/h8-9H,3-7,10-14H2,1-2H3,(H2,18,19,20). The first-order chi connectivity index (χ1) is 10.8. The Morgan fingerprint density at radius 3 is 2.59 bits per heavy atom. The molecular weight excluding hydrogens is 292 g/mol. The molecule has 1 saturated heterocycles. The van der Waals surface area contributed by atoms with Gasteiger partial charge in [0, 0.05) is 23.3 Å². The number of thiophene rings is 1. The summed E-state index contributed by atoms with van der Waals surface area (Å²) in [5, 5.41) is 6.80. The molecule has 0 spiro atoms. The summed E-state index contributed by atoms with van der Waals surface area (Å²) in [7, 11) is 1.84. The third-order valence-electron chi connectivity index (χ3n) is 4.09. The maximum atomic E-state index is 4.29. The van der Waals surface area contributed by atoms with Gasteiger partial charge in [0.25, 0.3) is 0 Å². The summed E-state index contributed by atoms with van der Waals surface area (Å²) < 4.78 is 0. The molecule has 0 bridgehead atoms. The van der Waals surface area contributed by atoms with E-state index in [4.69, 9.17) is 0 Å². The highest BCUT2D eigenvalue weighted by molar-refractivity contribution is 7.11. The lowest BCUT2D eigenvalue weighted by Gasteiger charge is -2.20. The predicted octanol–water partition coefficient (Wildman–Crippen LogP) is 2.99. The maximum Gasteiger partial charge on any atom is 0.191 e. The number of aliphatic imine (C=N–C) groups is 1. The van der Waals surface area contributed by atoms with Crippen molar-refractivity contribution in [2.75, 3.05) is 33.2 Å². The van der Waals surface area contributed by atoms with Crippen LogP contribution in [0.1, 0.15) is 41.9 Å². The number of guanidine groups is 1. The van der Waals surface area contributed by atoms with Gasteiger partial charge in [0.1, 0.15) is 0 Å². The predicted molar refractivity (Wildman–Crippen MR) is 96.8 cm³/mol. The summed E-state index contributed by atoms with van der Waals surface area (Å²) in [4.78, 5) is 9.62. The molecule has 1 fully saturated rings. The zero-order chi connectivity index (χ0) is 15.6. The van der Waals surface area contributed by atoms with Crippen molar-refractivity contribution in [3.05, 3.63) is 21.9 Å². The van der Waals surface area contributed by atoms with Gasteiger partial charge in [0.15, 0.2) is 5.96 Å². The van der Waals surface area contributed by atoms with E-state index in [1.165, 1.54) is 61.5 Å². The normalized spacial score (nSPS) is 17.3. The zero-order valence-corrected chi connectivity index (χ0v) is 14.8. The van der Waals surface area contributed by atoms with Crippen molar-refractivity contribution in [3.63, 3.8) is 0 Å². The van der Waals surface area contributed by atoms with Gasteiger partial charge in [-0.05, 0) is 58.0 Å². The van der Waals surface area contributed by atoms with E-state index in [1.54, 1.807) is 0 Å². The Balaban J connectivity index is 1.59. The van der Waals surface area contributed by atoms with E-state index in [-0.39, 0.29) is 0 Å². The molecule has 5 heteroatoms. The van der Waals surface area contributed by atoms with Crippen molar-refractivity contribution in [3.8, 4) is 0 Å². The average molecular weight is 323 g/mol. The van der Waals surface area contributed by atoms with E-state index in [9.17, 15) is 0 Å². The fourth-order valence-electron chi connectivity index (χ4n) is 2.84. The molecule has 1 aromatic heterocycles. The third kappa shape index (κ3) is 6.36. The topological polar surface area (TPSA) is 39.7 Å². The number of nitrogens with zero attached hydrogens (tertiary/aromatic N) is 2. The quantitative estimate of drug-likeness (QED) is 0.480. The molecule has 124 valence electrons. The average Bonchev–Trinajstić information content (AvgIpc) is 2.78. The maximum absolute atomic E-state index is 4.29. The molecule has 1 aromatic rings. The first kappa shape index (κ1) is 17.3. The van der Waals surface area contributed by atoms with E-state index in [0.717, 1.165) is 19.0 Å². The van der Waals surface area contributed by atoms with Gasteiger partial charge in [0.2, 0.25) is 0 Å². The van der Waals surface area contributed by atoms with Crippen LogP contribution in [0.25, 0.3) is 0 Å². The highest BCUT2D eigenvalue weighted by Gasteiger charge is 2.08. The lowest BCUT2D eigenvalue weighted by molar-refractivity contribution is 0.282.